The largest absolute Gasteiger partial charge is 0.299 e. The molecule has 0 aromatic heterocycles. The van der Waals surface area contributed by atoms with Gasteiger partial charge in [-0.05, 0) is 18.8 Å². The molecule has 1 nitrogen and oxygen atoms in total. The summed E-state index contributed by atoms with van der Waals surface area (Å²) in [6, 6.07) is 0. The van der Waals surface area contributed by atoms with Crippen molar-refractivity contribution in [1.29, 1.82) is 0 Å². The lowest BCUT2D eigenvalue weighted by Gasteiger charge is -2.15. The van der Waals surface area contributed by atoms with Crippen LogP contribution in [0.1, 0.15) is 59.8 Å². The van der Waals surface area contributed by atoms with Crippen LogP contribution in [0.15, 0.2) is 0 Å². The quantitative estimate of drug-likeness (QED) is 0.588. The molecule has 0 aliphatic heterocycles. The molecule has 0 atom stereocenters. The minimum atomic E-state index is 0.320. The molecule has 13 heavy (non-hydrogen) atoms. The van der Waals surface area contributed by atoms with Crippen LogP contribution < -0.4 is 0 Å². The molecular weight excluding hydrogens is 160 g/mol. The van der Waals surface area contributed by atoms with Crippen molar-refractivity contribution in [3.05, 3.63) is 0 Å². The molecule has 0 spiro atoms. The van der Waals surface area contributed by atoms with Gasteiger partial charge >= 0.3 is 0 Å². The van der Waals surface area contributed by atoms with E-state index in [-0.39, 0.29) is 0 Å². The minimum absolute atomic E-state index is 0.320. The summed E-state index contributed by atoms with van der Waals surface area (Å²) in [5.74, 6) is 1.42. The fourth-order valence-electron chi connectivity index (χ4n) is 1.77. The van der Waals surface area contributed by atoms with E-state index in [0.29, 0.717) is 17.6 Å². The molecule has 0 aliphatic carbocycles. The van der Waals surface area contributed by atoms with Gasteiger partial charge in [0.1, 0.15) is 5.78 Å². The number of rotatable bonds is 7. The SMILES string of the molecule is CCC(CC)CC(=O)C(CC)CC. The molecule has 1 heteroatoms. The van der Waals surface area contributed by atoms with Gasteiger partial charge in [-0.3, -0.25) is 4.79 Å². The maximum atomic E-state index is 11.7. The molecular formula is C12H24O. The summed E-state index contributed by atoms with van der Waals surface area (Å²) in [4.78, 5) is 11.7. The van der Waals surface area contributed by atoms with E-state index in [2.05, 4.69) is 27.7 Å². The van der Waals surface area contributed by atoms with E-state index >= 15 is 0 Å². The van der Waals surface area contributed by atoms with E-state index in [1.54, 1.807) is 0 Å². The first kappa shape index (κ1) is 12.7. The zero-order valence-corrected chi connectivity index (χ0v) is 9.60. The molecule has 0 rings (SSSR count). The zero-order chi connectivity index (χ0) is 10.3. The third kappa shape index (κ3) is 4.44. The van der Waals surface area contributed by atoms with E-state index in [1.807, 2.05) is 0 Å². The average molecular weight is 184 g/mol. The number of hydrogen-bond donors (Lipinski definition) is 0. The lowest BCUT2D eigenvalue weighted by molar-refractivity contribution is -0.124. The van der Waals surface area contributed by atoms with Crippen molar-refractivity contribution in [1.82, 2.24) is 0 Å². The first-order valence-corrected chi connectivity index (χ1v) is 5.72. The number of hydrogen-bond acceptors (Lipinski definition) is 1. The first-order valence-electron chi connectivity index (χ1n) is 5.72. The molecule has 0 aliphatic rings. The Balaban J connectivity index is 3.95. The molecule has 78 valence electrons. The molecule has 0 fully saturated rings. The lowest BCUT2D eigenvalue weighted by atomic mass is 9.88. The molecule has 0 heterocycles. The van der Waals surface area contributed by atoms with Crippen molar-refractivity contribution in [2.24, 2.45) is 11.8 Å². The Morgan fingerprint density at radius 1 is 0.923 bits per heavy atom. The third-order valence-electron chi connectivity index (χ3n) is 3.09. The highest BCUT2D eigenvalue weighted by Gasteiger charge is 2.17. The van der Waals surface area contributed by atoms with Gasteiger partial charge in [0, 0.05) is 12.3 Å². The Kier molecular flexibility index (Phi) is 6.93. The van der Waals surface area contributed by atoms with E-state index in [1.165, 1.54) is 0 Å². The van der Waals surface area contributed by atoms with Crippen LogP contribution in [0, 0.1) is 11.8 Å². The van der Waals surface area contributed by atoms with Crippen molar-refractivity contribution in [3.8, 4) is 0 Å². The monoisotopic (exact) mass is 184 g/mol. The standard InChI is InChI=1S/C12H24O/c1-5-10(6-2)9-12(13)11(7-3)8-4/h10-11H,5-9H2,1-4H3. The Bertz CT molecular complexity index is 132. The molecule has 0 aromatic carbocycles. The van der Waals surface area contributed by atoms with Crippen LogP contribution in [0.3, 0.4) is 0 Å². The summed E-state index contributed by atoms with van der Waals surface area (Å²) in [6.45, 7) is 8.57. The van der Waals surface area contributed by atoms with Gasteiger partial charge in [-0.15, -0.1) is 0 Å². The predicted octanol–water partition coefficient (Wildman–Crippen LogP) is 3.82. The highest BCUT2D eigenvalue weighted by atomic mass is 16.1. The van der Waals surface area contributed by atoms with E-state index in [4.69, 9.17) is 0 Å². The smallest absolute Gasteiger partial charge is 0.136 e. The van der Waals surface area contributed by atoms with Crippen molar-refractivity contribution >= 4 is 5.78 Å². The number of ketones is 1. The van der Waals surface area contributed by atoms with Gasteiger partial charge in [-0.25, -0.2) is 0 Å². The van der Waals surface area contributed by atoms with E-state index in [0.717, 1.165) is 32.1 Å². The predicted molar refractivity (Wildman–Crippen MR) is 57.8 cm³/mol. The molecule has 0 amide bonds. The lowest BCUT2D eigenvalue weighted by Crippen LogP contribution is -2.16. The molecule has 0 saturated heterocycles. The fraction of sp³-hybridized carbons (Fsp3) is 0.917. The Morgan fingerprint density at radius 3 is 1.69 bits per heavy atom. The first-order chi connectivity index (χ1) is 6.19. The van der Waals surface area contributed by atoms with Gasteiger partial charge in [0.05, 0.1) is 0 Å². The third-order valence-corrected chi connectivity index (χ3v) is 3.09. The van der Waals surface area contributed by atoms with Crippen LogP contribution >= 0.6 is 0 Å². The second kappa shape index (κ2) is 7.11. The van der Waals surface area contributed by atoms with Gasteiger partial charge in [0.2, 0.25) is 0 Å². The van der Waals surface area contributed by atoms with E-state index < -0.39 is 0 Å². The van der Waals surface area contributed by atoms with Crippen molar-refractivity contribution < 1.29 is 4.79 Å². The second-order valence-electron chi connectivity index (χ2n) is 3.87. The van der Waals surface area contributed by atoms with Gasteiger partial charge in [0.25, 0.3) is 0 Å². The molecule has 0 unspecified atom stereocenters. The van der Waals surface area contributed by atoms with E-state index in [9.17, 15) is 4.79 Å². The number of carbonyl (C=O) groups is 1. The van der Waals surface area contributed by atoms with Crippen molar-refractivity contribution in [2.75, 3.05) is 0 Å². The molecule has 0 aromatic rings. The highest BCUT2D eigenvalue weighted by Crippen LogP contribution is 2.19. The fourth-order valence-corrected chi connectivity index (χ4v) is 1.77. The maximum absolute atomic E-state index is 11.7. The van der Waals surface area contributed by atoms with Crippen LogP contribution in [0.4, 0.5) is 0 Å². The summed E-state index contributed by atoms with van der Waals surface area (Å²) in [7, 11) is 0. The summed E-state index contributed by atoms with van der Waals surface area (Å²) in [6.07, 6.45) is 5.11. The maximum Gasteiger partial charge on any atom is 0.136 e. The van der Waals surface area contributed by atoms with Crippen LogP contribution in [0.2, 0.25) is 0 Å². The average Bonchev–Trinajstić information content (AvgIpc) is 2.16. The Hall–Kier alpha value is -0.330. The van der Waals surface area contributed by atoms with Gasteiger partial charge in [-0.1, -0.05) is 40.5 Å². The van der Waals surface area contributed by atoms with Gasteiger partial charge in [0.15, 0.2) is 0 Å². The molecule has 0 N–H and O–H groups in total. The Labute approximate surface area is 82.9 Å². The summed E-state index contributed by atoms with van der Waals surface area (Å²) < 4.78 is 0. The second-order valence-corrected chi connectivity index (χ2v) is 3.87. The Morgan fingerprint density at radius 2 is 1.38 bits per heavy atom. The van der Waals surface area contributed by atoms with Crippen LogP contribution in [-0.2, 0) is 4.79 Å². The summed E-state index contributed by atoms with van der Waals surface area (Å²) >= 11 is 0. The summed E-state index contributed by atoms with van der Waals surface area (Å²) in [5, 5.41) is 0. The number of carbonyl (C=O) groups excluding carboxylic acids is 1. The molecule has 0 bridgehead atoms. The van der Waals surface area contributed by atoms with Crippen LogP contribution in [-0.4, -0.2) is 5.78 Å². The zero-order valence-electron chi connectivity index (χ0n) is 9.60. The summed E-state index contributed by atoms with van der Waals surface area (Å²) in [5.41, 5.74) is 0. The molecule has 0 saturated carbocycles. The minimum Gasteiger partial charge on any atom is -0.299 e. The van der Waals surface area contributed by atoms with Crippen molar-refractivity contribution in [2.45, 2.75) is 59.8 Å². The van der Waals surface area contributed by atoms with Crippen LogP contribution in [0.5, 0.6) is 0 Å². The molecule has 0 radical (unpaired) electrons. The van der Waals surface area contributed by atoms with Gasteiger partial charge in [-0.2, -0.15) is 0 Å². The topological polar surface area (TPSA) is 17.1 Å². The van der Waals surface area contributed by atoms with Crippen molar-refractivity contribution in [3.63, 3.8) is 0 Å². The van der Waals surface area contributed by atoms with Gasteiger partial charge < -0.3 is 0 Å². The number of Topliss-reactive ketones (excluding diaryl/α,β-unsaturated/α-hetero) is 1. The highest BCUT2D eigenvalue weighted by molar-refractivity contribution is 5.81. The van der Waals surface area contributed by atoms with Crippen LogP contribution in [0.25, 0.3) is 0 Å². The normalized spacial score (nSPS) is 11.2.